The molecule has 1 heterocycles. The lowest BCUT2D eigenvalue weighted by molar-refractivity contribution is 0.155. The van der Waals surface area contributed by atoms with E-state index < -0.39 is 0 Å². The molecule has 106 valence electrons. The number of rotatable bonds is 2. The van der Waals surface area contributed by atoms with Crippen LogP contribution in [0.2, 0.25) is 0 Å². The summed E-state index contributed by atoms with van der Waals surface area (Å²) in [5.41, 5.74) is 3.16. The fourth-order valence-electron chi connectivity index (χ4n) is 4.91. The standard InChI is InChI=1S/C17H23N3/c1-16(2)11-7-8-17(3,9-11)15(16)19-13-5-4-6-14-12(13)10-18-20-14/h4-6,10-11,15,19H,7-9H2,1-3H3,(H,18,20)/t11-,15?,17+/m0/s1. The number of nitrogens with zero attached hydrogens (tertiary/aromatic N) is 1. The Morgan fingerprint density at radius 3 is 2.90 bits per heavy atom. The predicted octanol–water partition coefficient (Wildman–Crippen LogP) is 4.19. The third kappa shape index (κ3) is 1.49. The van der Waals surface area contributed by atoms with Gasteiger partial charge in [0.05, 0.1) is 11.7 Å². The van der Waals surface area contributed by atoms with Gasteiger partial charge < -0.3 is 5.32 Å². The zero-order valence-corrected chi connectivity index (χ0v) is 12.5. The fourth-order valence-corrected chi connectivity index (χ4v) is 4.91. The lowest BCUT2D eigenvalue weighted by Crippen LogP contribution is -2.45. The number of H-pyrrole nitrogens is 1. The lowest BCUT2D eigenvalue weighted by Gasteiger charge is -2.43. The first-order valence-corrected chi connectivity index (χ1v) is 7.69. The van der Waals surface area contributed by atoms with E-state index in [0.717, 1.165) is 11.4 Å². The van der Waals surface area contributed by atoms with Crippen molar-refractivity contribution in [3.8, 4) is 0 Å². The second-order valence-corrected chi connectivity index (χ2v) is 7.63. The van der Waals surface area contributed by atoms with Crippen molar-refractivity contribution in [3.05, 3.63) is 24.4 Å². The van der Waals surface area contributed by atoms with Gasteiger partial charge >= 0.3 is 0 Å². The maximum Gasteiger partial charge on any atom is 0.0671 e. The largest absolute Gasteiger partial charge is 0.381 e. The molecule has 0 aliphatic heterocycles. The monoisotopic (exact) mass is 269 g/mol. The average molecular weight is 269 g/mol. The van der Waals surface area contributed by atoms with Crippen molar-refractivity contribution in [1.29, 1.82) is 0 Å². The Bertz CT molecular complexity index is 652. The Labute approximate surface area is 120 Å². The van der Waals surface area contributed by atoms with Crippen molar-refractivity contribution in [3.63, 3.8) is 0 Å². The van der Waals surface area contributed by atoms with Gasteiger partial charge in [0.15, 0.2) is 0 Å². The quantitative estimate of drug-likeness (QED) is 0.858. The molecule has 2 N–H and O–H groups in total. The number of nitrogens with one attached hydrogen (secondary N) is 2. The zero-order valence-electron chi connectivity index (χ0n) is 12.5. The van der Waals surface area contributed by atoms with Gasteiger partial charge in [0.25, 0.3) is 0 Å². The molecule has 20 heavy (non-hydrogen) atoms. The van der Waals surface area contributed by atoms with E-state index in [-0.39, 0.29) is 0 Å². The van der Waals surface area contributed by atoms with Crippen LogP contribution in [0.5, 0.6) is 0 Å². The molecule has 2 aliphatic carbocycles. The van der Waals surface area contributed by atoms with Gasteiger partial charge in [-0.2, -0.15) is 5.10 Å². The van der Waals surface area contributed by atoms with Gasteiger partial charge in [-0.1, -0.05) is 26.8 Å². The SMILES string of the molecule is CC1(C)C(Nc2cccc3[nH]ncc23)[C@]2(C)CC[C@H]1C2. The summed E-state index contributed by atoms with van der Waals surface area (Å²) in [5.74, 6) is 0.869. The highest BCUT2D eigenvalue weighted by Gasteiger charge is 2.59. The van der Waals surface area contributed by atoms with E-state index in [0.29, 0.717) is 16.9 Å². The third-order valence-electron chi connectivity index (χ3n) is 6.05. The molecule has 2 fully saturated rings. The van der Waals surface area contributed by atoms with Gasteiger partial charge in [-0.05, 0) is 48.1 Å². The first-order valence-electron chi connectivity index (χ1n) is 7.69. The number of aromatic amines is 1. The molecule has 2 bridgehead atoms. The minimum atomic E-state index is 0.374. The van der Waals surface area contributed by atoms with Crippen LogP contribution in [-0.4, -0.2) is 16.2 Å². The summed E-state index contributed by atoms with van der Waals surface area (Å²) in [7, 11) is 0. The van der Waals surface area contributed by atoms with Crippen molar-refractivity contribution in [2.24, 2.45) is 16.7 Å². The van der Waals surface area contributed by atoms with E-state index in [9.17, 15) is 0 Å². The van der Waals surface area contributed by atoms with Crippen molar-refractivity contribution in [1.82, 2.24) is 10.2 Å². The highest BCUT2D eigenvalue weighted by molar-refractivity contribution is 5.91. The molecule has 2 saturated carbocycles. The fraction of sp³-hybridized carbons (Fsp3) is 0.588. The predicted molar refractivity (Wildman–Crippen MR) is 82.7 cm³/mol. The summed E-state index contributed by atoms with van der Waals surface area (Å²) < 4.78 is 0. The normalized spacial score (nSPS) is 34.8. The average Bonchev–Trinajstić information content (AvgIpc) is 3.05. The van der Waals surface area contributed by atoms with E-state index in [1.807, 2.05) is 6.20 Å². The summed E-state index contributed by atoms with van der Waals surface area (Å²) in [5, 5.41) is 12.3. The number of aromatic nitrogens is 2. The molecule has 0 amide bonds. The topological polar surface area (TPSA) is 40.7 Å². The molecular formula is C17H23N3. The van der Waals surface area contributed by atoms with Crippen LogP contribution in [-0.2, 0) is 0 Å². The van der Waals surface area contributed by atoms with Crippen LogP contribution < -0.4 is 5.32 Å². The highest BCUT2D eigenvalue weighted by atomic mass is 15.1. The van der Waals surface area contributed by atoms with Crippen LogP contribution >= 0.6 is 0 Å². The van der Waals surface area contributed by atoms with Gasteiger partial charge in [-0.3, -0.25) is 5.10 Å². The van der Waals surface area contributed by atoms with Crippen LogP contribution in [0.15, 0.2) is 24.4 Å². The van der Waals surface area contributed by atoms with E-state index >= 15 is 0 Å². The zero-order chi connectivity index (χ0) is 14.0. The first-order chi connectivity index (χ1) is 9.51. The molecule has 3 atom stereocenters. The highest BCUT2D eigenvalue weighted by Crippen LogP contribution is 2.63. The first kappa shape index (κ1) is 12.2. The van der Waals surface area contributed by atoms with E-state index in [1.165, 1.54) is 30.3 Å². The molecule has 0 radical (unpaired) electrons. The Morgan fingerprint density at radius 1 is 1.30 bits per heavy atom. The number of benzene rings is 1. The second-order valence-electron chi connectivity index (χ2n) is 7.63. The summed E-state index contributed by atoms with van der Waals surface area (Å²) in [6.07, 6.45) is 6.07. The summed E-state index contributed by atoms with van der Waals surface area (Å²) >= 11 is 0. The molecule has 2 aliphatic rings. The second kappa shape index (κ2) is 3.78. The maximum atomic E-state index is 4.17. The number of hydrogen-bond donors (Lipinski definition) is 2. The molecule has 1 unspecified atom stereocenters. The summed E-state index contributed by atoms with van der Waals surface area (Å²) in [4.78, 5) is 0. The Kier molecular flexibility index (Phi) is 2.31. The molecule has 0 saturated heterocycles. The molecule has 1 aromatic carbocycles. The third-order valence-corrected chi connectivity index (χ3v) is 6.05. The van der Waals surface area contributed by atoms with E-state index in [2.05, 4.69) is 54.5 Å². The summed E-state index contributed by atoms with van der Waals surface area (Å²) in [6, 6.07) is 6.92. The number of hydrogen-bond acceptors (Lipinski definition) is 2. The molecular weight excluding hydrogens is 246 g/mol. The van der Waals surface area contributed by atoms with Crippen LogP contribution in [0, 0.1) is 16.7 Å². The van der Waals surface area contributed by atoms with Crippen LogP contribution in [0.1, 0.15) is 40.0 Å². The van der Waals surface area contributed by atoms with Gasteiger partial charge in [0, 0.05) is 17.1 Å². The Balaban J connectivity index is 1.74. The molecule has 4 rings (SSSR count). The van der Waals surface area contributed by atoms with Gasteiger partial charge in [0.2, 0.25) is 0 Å². The van der Waals surface area contributed by atoms with Crippen LogP contribution in [0.25, 0.3) is 10.9 Å². The van der Waals surface area contributed by atoms with Crippen molar-refractivity contribution < 1.29 is 0 Å². The maximum absolute atomic E-state index is 4.17. The minimum absolute atomic E-state index is 0.374. The van der Waals surface area contributed by atoms with Crippen molar-refractivity contribution in [2.75, 3.05) is 5.32 Å². The molecule has 0 spiro atoms. The molecule has 3 nitrogen and oxygen atoms in total. The van der Waals surface area contributed by atoms with Gasteiger partial charge in [-0.15, -0.1) is 0 Å². The van der Waals surface area contributed by atoms with E-state index in [1.54, 1.807) is 0 Å². The van der Waals surface area contributed by atoms with Gasteiger partial charge in [0.1, 0.15) is 0 Å². The van der Waals surface area contributed by atoms with Gasteiger partial charge in [-0.25, -0.2) is 0 Å². The van der Waals surface area contributed by atoms with E-state index in [4.69, 9.17) is 0 Å². The minimum Gasteiger partial charge on any atom is -0.381 e. The Morgan fingerprint density at radius 2 is 2.15 bits per heavy atom. The molecule has 3 heteroatoms. The van der Waals surface area contributed by atoms with Crippen molar-refractivity contribution in [2.45, 2.75) is 46.1 Å². The lowest BCUT2D eigenvalue weighted by atomic mass is 9.68. The Hall–Kier alpha value is -1.51. The summed E-state index contributed by atoms with van der Waals surface area (Å²) in [6.45, 7) is 7.35. The number of anilines is 1. The van der Waals surface area contributed by atoms with Crippen molar-refractivity contribution >= 4 is 16.6 Å². The molecule has 2 aromatic rings. The molecule has 1 aromatic heterocycles. The number of fused-ring (bicyclic) bond motifs is 3. The van der Waals surface area contributed by atoms with Crippen LogP contribution in [0.3, 0.4) is 0 Å². The smallest absolute Gasteiger partial charge is 0.0671 e. The van der Waals surface area contributed by atoms with Crippen LogP contribution in [0.4, 0.5) is 5.69 Å².